The van der Waals surface area contributed by atoms with Gasteiger partial charge in [0.15, 0.2) is 0 Å². The summed E-state index contributed by atoms with van der Waals surface area (Å²) < 4.78 is 35.6. The Morgan fingerprint density at radius 2 is 1.71 bits per heavy atom. The lowest BCUT2D eigenvalue weighted by atomic mass is 10.3. The molecule has 7 nitrogen and oxygen atoms in total. The summed E-state index contributed by atoms with van der Waals surface area (Å²) in [5.74, 6) is -0.565. The number of carbonyl (C=O) groups is 1. The first-order valence-electron chi connectivity index (χ1n) is 7.35. The third-order valence-corrected chi connectivity index (χ3v) is 3.92. The fraction of sp³-hybridized carbons (Fsp3) is 0.923. The maximum atomic E-state index is 11.6. The van der Waals surface area contributed by atoms with Crippen molar-refractivity contribution in [1.82, 2.24) is 10.0 Å². The van der Waals surface area contributed by atoms with E-state index in [0.717, 1.165) is 19.4 Å². The van der Waals surface area contributed by atoms with E-state index in [1.54, 1.807) is 0 Å². The van der Waals surface area contributed by atoms with E-state index in [4.69, 9.17) is 9.47 Å². The minimum absolute atomic E-state index is 0.0313. The molecule has 0 saturated heterocycles. The van der Waals surface area contributed by atoms with E-state index in [-0.39, 0.29) is 18.8 Å². The van der Waals surface area contributed by atoms with Gasteiger partial charge >= 0.3 is 0 Å². The summed E-state index contributed by atoms with van der Waals surface area (Å²) in [7, 11) is -1.71. The molecule has 0 bridgehead atoms. The lowest BCUT2D eigenvalue weighted by Crippen LogP contribution is -2.33. The van der Waals surface area contributed by atoms with Crippen LogP contribution in [0.2, 0.25) is 0 Å². The molecule has 0 atom stereocenters. The van der Waals surface area contributed by atoms with Gasteiger partial charge in [0.1, 0.15) is 0 Å². The maximum absolute atomic E-state index is 11.6. The second kappa shape index (κ2) is 13.0. The number of hydrogen-bond donors (Lipinski definition) is 2. The number of hydrogen-bond acceptors (Lipinski definition) is 6. The van der Waals surface area contributed by atoms with Crippen LogP contribution in [0.5, 0.6) is 0 Å². The average Bonchev–Trinajstić information content (AvgIpc) is 2.42. The fourth-order valence-electron chi connectivity index (χ4n) is 1.50. The first-order chi connectivity index (χ1) is 10.0. The zero-order valence-electron chi connectivity index (χ0n) is 13.0. The quantitative estimate of drug-likeness (QED) is 0.445. The van der Waals surface area contributed by atoms with Crippen LogP contribution >= 0.6 is 0 Å². The monoisotopic (exact) mass is 324 g/mol. The molecule has 0 aliphatic carbocycles. The molecule has 0 radical (unpaired) electrons. The van der Waals surface area contributed by atoms with Gasteiger partial charge in [0.05, 0.1) is 32.0 Å². The van der Waals surface area contributed by atoms with Crippen molar-refractivity contribution in [1.29, 1.82) is 0 Å². The molecular formula is C13H28N2O5S. The Morgan fingerprint density at radius 3 is 2.33 bits per heavy atom. The molecule has 21 heavy (non-hydrogen) atoms. The molecule has 0 unspecified atom stereocenters. The number of nitrogens with one attached hydrogen (secondary N) is 2. The Kier molecular flexibility index (Phi) is 12.6. The molecule has 0 heterocycles. The number of amides is 1. The van der Waals surface area contributed by atoms with Crippen LogP contribution < -0.4 is 10.0 Å². The maximum Gasteiger partial charge on any atom is 0.235 e. The Morgan fingerprint density at radius 1 is 1.05 bits per heavy atom. The summed E-state index contributed by atoms with van der Waals surface area (Å²) in [4.78, 5) is 11.5. The van der Waals surface area contributed by atoms with E-state index >= 15 is 0 Å². The van der Waals surface area contributed by atoms with Crippen LogP contribution in [0, 0.1) is 0 Å². The molecule has 0 aliphatic rings. The van der Waals surface area contributed by atoms with Crippen LogP contribution in [0.1, 0.15) is 32.6 Å². The first kappa shape index (κ1) is 20.3. The van der Waals surface area contributed by atoms with Crippen molar-refractivity contribution in [3.63, 3.8) is 0 Å². The van der Waals surface area contributed by atoms with Crippen molar-refractivity contribution in [3.8, 4) is 0 Å². The van der Waals surface area contributed by atoms with E-state index < -0.39 is 15.9 Å². The second-order valence-electron chi connectivity index (χ2n) is 4.63. The van der Waals surface area contributed by atoms with Crippen molar-refractivity contribution in [2.45, 2.75) is 32.6 Å². The molecule has 2 N–H and O–H groups in total. The molecule has 1 amide bonds. The topological polar surface area (TPSA) is 93.7 Å². The van der Waals surface area contributed by atoms with Crippen LogP contribution in [-0.2, 0) is 24.3 Å². The summed E-state index contributed by atoms with van der Waals surface area (Å²) in [6, 6.07) is 0. The molecule has 126 valence electrons. The number of rotatable bonds is 14. The van der Waals surface area contributed by atoms with E-state index in [0.29, 0.717) is 26.2 Å². The highest BCUT2D eigenvalue weighted by molar-refractivity contribution is 7.90. The summed E-state index contributed by atoms with van der Waals surface area (Å²) in [5.41, 5.74) is 0. The number of sulfonamides is 1. The van der Waals surface area contributed by atoms with Gasteiger partial charge < -0.3 is 14.8 Å². The van der Waals surface area contributed by atoms with Gasteiger partial charge in [-0.3, -0.25) is 9.52 Å². The van der Waals surface area contributed by atoms with E-state index in [2.05, 4.69) is 5.32 Å². The zero-order chi connectivity index (χ0) is 16.0. The molecule has 0 rings (SSSR count). The van der Waals surface area contributed by atoms with Crippen LogP contribution in [0.4, 0.5) is 0 Å². The fourth-order valence-corrected chi connectivity index (χ4v) is 2.64. The predicted molar refractivity (Wildman–Crippen MR) is 81.6 cm³/mol. The average molecular weight is 324 g/mol. The highest BCUT2D eigenvalue weighted by Gasteiger charge is 2.13. The molecule has 0 aromatic heterocycles. The van der Waals surface area contributed by atoms with Gasteiger partial charge in [0.2, 0.25) is 15.9 Å². The highest BCUT2D eigenvalue weighted by atomic mass is 32.2. The number of carbonyl (C=O) groups excluding carboxylic acids is 1. The van der Waals surface area contributed by atoms with E-state index in [1.165, 1.54) is 0 Å². The second-order valence-corrected chi connectivity index (χ2v) is 6.47. The van der Waals surface area contributed by atoms with Gasteiger partial charge in [0, 0.05) is 6.61 Å². The summed E-state index contributed by atoms with van der Waals surface area (Å²) in [5, 5.41) is 2.94. The number of ether oxygens (including phenoxy) is 2. The van der Waals surface area contributed by atoms with Crippen molar-refractivity contribution in [2.24, 2.45) is 0 Å². The molecular weight excluding hydrogens is 296 g/mol. The number of unbranched alkanes of at least 4 members (excludes halogenated alkanes) is 1. The van der Waals surface area contributed by atoms with E-state index in [9.17, 15) is 13.2 Å². The summed E-state index contributed by atoms with van der Waals surface area (Å²) >= 11 is 0. The third kappa shape index (κ3) is 14.0. The van der Waals surface area contributed by atoms with Crippen LogP contribution in [-0.4, -0.2) is 60.1 Å². The third-order valence-electron chi connectivity index (χ3n) is 2.55. The molecule has 0 spiro atoms. The normalized spacial score (nSPS) is 11.5. The van der Waals surface area contributed by atoms with Crippen molar-refractivity contribution in [3.05, 3.63) is 0 Å². The van der Waals surface area contributed by atoms with Crippen molar-refractivity contribution < 1.29 is 22.7 Å². The van der Waals surface area contributed by atoms with Crippen LogP contribution in [0.3, 0.4) is 0 Å². The van der Waals surface area contributed by atoms with Gasteiger partial charge in [-0.15, -0.1) is 0 Å². The molecule has 0 aromatic rings. The van der Waals surface area contributed by atoms with Gasteiger partial charge in [-0.05, 0) is 32.9 Å². The Balaban J connectivity index is 3.63. The predicted octanol–water partition coefficient (Wildman–Crippen LogP) is 0.265. The minimum atomic E-state index is -3.52. The van der Waals surface area contributed by atoms with Crippen LogP contribution in [0.25, 0.3) is 0 Å². The Bertz CT molecular complexity index is 360. The molecule has 8 heteroatoms. The highest BCUT2D eigenvalue weighted by Crippen LogP contribution is 1.95. The molecule has 0 saturated carbocycles. The molecule has 0 aliphatic heterocycles. The minimum Gasteiger partial charge on any atom is -0.379 e. The molecule has 0 aromatic carbocycles. The van der Waals surface area contributed by atoms with E-state index in [1.807, 2.05) is 18.7 Å². The zero-order valence-corrected chi connectivity index (χ0v) is 13.8. The largest absolute Gasteiger partial charge is 0.379 e. The van der Waals surface area contributed by atoms with Crippen LogP contribution in [0.15, 0.2) is 0 Å². The lowest BCUT2D eigenvalue weighted by Gasteiger charge is -2.07. The summed E-state index contributed by atoms with van der Waals surface area (Å²) in [6.45, 7) is 4.55. The Hall–Kier alpha value is -0.700. The Labute approximate surface area is 127 Å². The van der Waals surface area contributed by atoms with Crippen molar-refractivity contribution >= 4 is 15.9 Å². The SMILES string of the molecule is CCCOCCOCCC(=O)NS(=O)(=O)CCCCNC. The van der Waals surface area contributed by atoms with Gasteiger partial charge in [-0.2, -0.15) is 0 Å². The standard InChI is InChI=1S/C13H28N2O5S/c1-3-8-19-10-11-20-9-6-13(16)15-21(17,18)12-5-4-7-14-2/h14H,3-12H2,1-2H3,(H,15,16). The first-order valence-corrected chi connectivity index (χ1v) is 9.00. The van der Waals surface area contributed by atoms with Crippen molar-refractivity contribution in [2.75, 3.05) is 45.8 Å². The van der Waals surface area contributed by atoms with Gasteiger partial charge in [0.25, 0.3) is 0 Å². The van der Waals surface area contributed by atoms with Gasteiger partial charge in [-0.25, -0.2) is 8.42 Å². The molecule has 0 fully saturated rings. The summed E-state index contributed by atoms with van der Waals surface area (Å²) in [6.07, 6.45) is 2.26. The lowest BCUT2D eigenvalue weighted by molar-refractivity contribution is -0.120. The van der Waals surface area contributed by atoms with Gasteiger partial charge in [-0.1, -0.05) is 6.92 Å². The smallest absolute Gasteiger partial charge is 0.235 e.